The van der Waals surface area contributed by atoms with Gasteiger partial charge in [-0.05, 0) is 25.5 Å². The van der Waals surface area contributed by atoms with Crippen molar-refractivity contribution in [2.45, 2.75) is 26.9 Å². The Kier molecular flexibility index (Phi) is 7.77. The number of rotatable bonds is 5. The first-order valence-electron chi connectivity index (χ1n) is 8.40. The van der Waals surface area contributed by atoms with Gasteiger partial charge in [0.15, 0.2) is 5.96 Å². The van der Waals surface area contributed by atoms with E-state index in [4.69, 9.17) is 4.99 Å². The van der Waals surface area contributed by atoms with Crippen LogP contribution in [0, 0.1) is 6.92 Å². The molecule has 0 aliphatic carbocycles. The predicted molar refractivity (Wildman–Crippen MR) is 120 cm³/mol. The van der Waals surface area contributed by atoms with E-state index >= 15 is 0 Å². The summed E-state index contributed by atoms with van der Waals surface area (Å²) in [5.74, 6) is 0.876. The smallest absolute Gasteiger partial charge is 0.194 e. The summed E-state index contributed by atoms with van der Waals surface area (Å²) in [6.07, 6.45) is 1.83. The van der Waals surface area contributed by atoms with Gasteiger partial charge < -0.3 is 10.2 Å². The number of nitrogens with one attached hydrogen (secondary N) is 1. The van der Waals surface area contributed by atoms with Crippen molar-refractivity contribution in [1.82, 2.24) is 20.2 Å². The minimum absolute atomic E-state index is 0. The molecule has 0 atom stereocenters. The molecule has 0 bridgehead atoms. The van der Waals surface area contributed by atoms with Crippen LogP contribution >= 0.6 is 35.3 Å². The Morgan fingerprint density at radius 1 is 1.27 bits per heavy atom. The van der Waals surface area contributed by atoms with E-state index in [1.54, 1.807) is 11.3 Å². The topological polar surface area (TPSA) is 53.4 Å². The Labute approximate surface area is 175 Å². The first kappa shape index (κ1) is 20.6. The van der Waals surface area contributed by atoms with Crippen molar-refractivity contribution < 1.29 is 0 Å². The van der Waals surface area contributed by atoms with Crippen molar-refractivity contribution in [3.63, 3.8) is 0 Å². The largest absolute Gasteiger partial charge is 0.357 e. The van der Waals surface area contributed by atoms with Crippen molar-refractivity contribution >= 4 is 52.2 Å². The van der Waals surface area contributed by atoms with Crippen molar-refractivity contribution in [2.24, 2.45) is 4.99 Å². The summed E-state index contributed by atoms with van der Waals surface area (Å²) in [7, 11) is 2.04. The van der Waals surface area contributed by atoms with Gasteiger partial charge in [-0.1, -0.05) is 24.3 Å². The lowest BCUT2D eigenvalue weighted by atomic mass is 10.1. The van der Waals surface area contributed by atoms with Crippen LogP contribution < -0.4 is 5.32 Å². The Morgan fingerprint density at radius 3 is 2.81 bits per heavy atom. The molecule has 26 heavy (non-hydrogen) atoms. The normalized spacial score (nSPS) is 11.3. The second-order valence-corrected chi connectivity index (χ2v) is 6.94. The Balaban J connectivity index is 0.00000243. The van der Waals surface area contributed by atoms with E-state index < -0.39 is 0 Å². The average Bonchev–Trinajstić information content (AvgIpc) is 3.03. The van der Waals surface area contributed by atoms with E-state index in [0.29, 0.717) is 6.54 Å². The van der Waals surface area contributed by atoms with Gasteiger partial charge in [0.05, 0.1) is 29.3 Å². The van der Waals surface area contributed by atoms with Crippen molar-refractivity contribution in [2.75, 3.05) is 13.6 Å². The third-order valence-electron chi connectivity index (χ3n) is 3.88. The molecule has 3 rings (SSSR count). The molecule has 0 spiro atoms. The van der Waals surface area contributed by atoms with Gasteiger partial charge in [0, 0.05) is 30.6 Å². The predicted octanol–water partition coefficient (Wildman–Crippen LogP) is 4.22. The van der Waals surface area contributed by atoms with Crippen molar-refractivity contribution in [3.05, 3.63) is 58.2 Å². The molecule has 7 heteroatoms. The van der Waals surface area contributed by atoms with Gasteiger partial charge in [-0.2, -0.15) is 0 Å². The quantitative estimate of drug-likeness (QED) is 0.337. The van der Waals surface area contributed by atoms with Crippen molar-refractivity contribution in [3.8, 4) is 0 Å². The molecule has 2 aromatic heterocycles. The van der Waals surface area contributed by atoms with Crippen LogP contribution in [0.25, 0.3) is 10.9 Å². The van der Waals surface area contributed by atoms with Crippen LogP contribution in [0.4, 0.5) is 0 Å². The number of aryl methyl sites for hydroxylation is 1. The second-order valence-electron chi connectivity index (χ2n) is 5.88. The molecule has 0 saturated heterocycles. The molecular weight excluding hydrogens is 457 g/mol. The monoisotopic (exact) mass is 481 g/mol. The zero-order valence-corrected chi connectivity index (χ0v) is 18.4. The molecule has 1 aromatic carbocycles. The Hall–Kier alpha value is -1.74. The van der Waals surface area contributed by atoms with Gasteiger partial charge in [0.2, 0.25) is 0 Å². The van der Waals surface area contributed by atoms with E-state index in [1.165, 1.54) is 0 Å². The van der Waals surface area contributed by atoms with Gasteiger partial charge in [-0.3, -0.25) is 4.98 Å². The van der Waals surface area contributed by atoms with Gasteiger partial charge in [-0.15, -0.1) is 35.3 Å². The minimum Gasteiger partial charge on any atom is -0.357 e. The third kappa shape index (κ3) is 5.14. The number of hydrogen-bond acceptors (Lipinski definition) is 4. The molecule has 0 aliphatic heterocycles. The van der Waals surface area contributed by atoms with E-state index in [0.717, 1.165) is 46.2 Å². The lowest BCUT2D eigenvalue weighted by Gasteiger charge is -2.21. The summed E-state index contributed by atoms with van der Waals surface area (Å²) in [5, 5.41) is 7.69. The first-order valence-corrected chi connectivity index (χ1v) is 9.28. The minimum atomic E-state index is 0. The molecule has 5 nitrogen and oxygen atoms in total. The van der Waals surface area contributed by atoms with Crippen LogP contribution in [0.2, 0.25) is 0 Å². The molecule has 3 aromatic rings. The number of fused-ring (bicyclic) bond motifs is 1. The summed E-state index contributed by atoms with van der Waals surface area (Å²) in [6.45, 7) is 6.27. The van der Waals surface area contributed by atoms with E-state index in [2.05, 4.69) is 56.8 Å². The Bertz CT molecular complexity index is 872. The molecular formula is C19H24IN5S. The average molecular weight is 481 g/mol. The highest BCUT2D eigenvalue weighted by Gasteiger charge is 2.09. The standard InChI is InChI=1S/C19H23N5S.HI/c1-4-20-19(24(3)12-17-13-25-14(2)23-17)22-11-16-8-5-7-15-9-6-10-21-18(15)16;/h5-10,13H,4,11-12H2,1-3H3,(H,20,22);1H. The summed E-state index contributed by atoms with van der Waals surface area (Å²) in [5.41, 5.74) is 3.22. The lowest BCUT2D eigenvalue weighted by molar-refractivity contribution is 0.471. The molecule has 0 amide bonds. The maximum absolute atomic E-state index is 4.80. The van der Waals surface area contributed by atoms with E-state index in [1.807, 2.05) is 26.2 Å². The molecule has 0 radical (unpaired) electrons. The second kappa shape index (κ2) is 9.82. The number of halogens is 1. The molecule has 0 fully saturated rings. The summed E-state index contributed by atoms with van der Waals surface area (Å²) < 4.78 is 0. The van der Waals surface area contributed by atoms with Crippen LogP contribution in [0.15, 0.2) is 46.9 Å². The fraction of sp³-hybridized carbons (Fsp3) is 0.316. The number of aliphatic imine (C=N–C) groups is 1. The van der Waals surface area contributed by atoms with Crippen LogP contribution in [0.1, 0.15) is 23.2 Å². The molecule has 138 valence electrons. The van der Waals surface area contributed by atoms with Gasteiger partial charge in [0.25, 0.3) is 0 Å². The van der Waals surface area contributed by atoms with Crippen LogP contribution in [0.5, 0.6) is 0 Å². The highest BCUT2D eigenvalue weighted by Crippen LogP contribution is 2.17. The number of para-hydroxylation sites is 1. The van der Waals surface area contributed by atoms with Gasteiger partial charge in [0.1, 0.15) is 0 Å². The highest BCUT2D eigenvalue weighted by atomic mass is 127. The van der Waals surface area contributed by atoms with Gasteiger partial charge >= 0.3 is 0 Å². The third-order valence-corrected chi connectivity index (χ3v) is 4.70. The Morgan fingerprint density at radius 2 is 2.08 bits per heavy atom. The zero-order valence-electron chi connectivity index (χ0n) is 15.3. The summed E-state index contributed by atoms with van der Waals surface area (Å²) in [4.78, 5) is 16.0. The maximum atomic E-state index is 4.80. The fourth-order valence-electron chi connectivity index (χ4n) is 2.72. The van der Waals surface area contributed by atoms with Crippen LogP contribution in [-0.4, -0.2) is 34.4 Å². The fourth-order valence-corrected chi connectivity index (χ4v) is 3.33. The van der Waals surface area contributed by atoms with E-state index in [9.17, 15) is 0 Å². The summed E-state index contributed by atoms with van der Waals surface area (Å²) in [6, 6.07) is 10.3. The number of pyridine rings is 1. The molecule has 0 unspecified atom stereocenters. The van der Waals surface area contributed by atoms with Crippen LogP contribution in [-0.2, 0) is 13.1 Å². The van der Waals surface area contributed by atoms with Crippen molar-refractivity contribution in [1.29, 1.82) is 0 Å². The molecule has 2 heterocycles. The molecule has 0 aliphatic rings. The molecule has 0 saturated carbocycles. The maximum Gasteiger partial charge on any atom is 0.194 e. The number of aromatic nitrogens is 2. The first-order chi connectivity index (χ1) is 12.2. The SMILES string of the molecule is CCNC(=NCc1cccc2cccnc12)N(C)Cc1csc(C)n1.I. The number of nitrogens with zero attached hydrogens (tertiary/aromatic N) is 4. The van der Waals surface area contributed by atoms with Crippen LogP contribution in [0.3, 0.4) is 0 Å². The number of hydrogen-bond donors (Lipinski definition) is 1. The lowest BCUT2D eigenvalue weighted by Crippen LogP contribution is -2.38. The summed E-state index contributed by atoms with van der Waals surface area (Å²) >= 11 is 1.68. The van der Waals surface area contributed by atoms with E-state index in [-0.39, 0.29) is 24.0 Å². The number of thiazole rings is 1. The zero-order chi connectivity index (χ0) is 17.6. The highest BCUT2D eigenvalue weighted by molar-refractivity contribution is 14.0. The number of benzene rings is 1. The number of guanidine groups is 1. The van der Waals surface area contributed by atoms with Gasteiger partial charge in [-0.25, -0.2) is 9.98 Å². The molecule has 1 N–H and O–H groups in total.